The number of H-pyrrole nitrogens is 1. The Balaban J connectivity index is 1.53. The SMILES string of the molecule is C[C@@H](c1ncc(C(C)(C)C)o1)N1CCC(NC(=O)c2ccc[nH]2)CC1. The molecule has 6 heteroatoms. The second-order valence-electron chi connectivity index (χ2n) is 7.86. The number of likely N-dealkylation sites (tertiary alicyclic amines) is 1. The van der Waals surface area contributed by atoms with E-state index in [0.717, 1.165) is 37.6 Å². The number of hydrogen-bond acceptors (Lipinski definition) is 4. The van der Waals surface area contributed by atoms with Crippen molar-refractivity contribution in [2.45, 2.75) is 58.0 Å². The molecular weight excluding hydrogens is 316 g/mol. The maximum Gasteiger partial charge on any atom is 0.267 e. The third kappa shape index (κ3) is 4.12. The number of piperidine rings is 1. The molecule has 136 valence electrons. The van der Waals surface area contributed by atoms with Crippen LogP contribution in [0.4, 0.5) is 0 Å². The number of carbonyl (C=O) groups excluding carboxylic acids is 1. The highest BCUT2D eigenvalue weighted by atomic mass is 16.4. The second kappa shape index (κ2) is 7.04. The first kappa shape index (κ1) is 17.7. The predicted molar refractivity (Wildman–Crippen MR) is 96.5 cm³/mol. The molecule has 2 aromatic heterocycles. The molecule has 2 aromatic rings. The van der Waals surface area contributed by atoms with Crippen molar-refractivity contribution in [3.8, 4) is 0 Å². The highest BCUT2D eigenvalue weighted by molar-refractivity contribution is 5.92. The molecule has 0 aliphatic carbocycles. The third-order valence-electron chi connectivity index (χ3n) is 4.88. The van der Waals surface area contributed by atoms with Crippen LogP contribution >= 0.6 is 0 Å². The van der Waals surface area contributed by atoms with Crippen molar-refractivity contribution in [2.24, 2.45) is 0 Å². The van der Waals surface area contributed by atoms with Crippen LogP contribution in [0.25, 0.3) is 0 Å². The molecule has 0 radical (unpaired) electrons. The first-order valence-electron chi connectivity index (χ1n) is 8.99. The number of oxazole rings is 1. The predicted octanol–water partition coefficient (Wildman–Crippen LogP) is 3.26. The van der Waals surface area contributed by atoms with Gasteiger partial charge in [0.05, 0.1) is 12.2 Å². The fourth-order valence-electron chi connectivity index (χ4n) is 3.15. The van der Waals surface area contributed by atoms with Crippen molar-refractivity contribution in [2.75, 3.05) is 13.1 Å². The van der Waals surface area contributed by atoms with Gasteiger partial charge in [-0.2, -0.15) is 0 Å². The van der Waals surface area contributed by atoms with Crippen LogP contribution in [0.5, 0.6) is 0 Å². The zero-order valence-corrected chi connectivity index (χ0v) is 15.5. The number of amides is 1. The molecule has 1 saturated heterocycles. The number of rotatable bonds is 4. The maximum atomic E-state index is 12.1. The Morgan fingerprint density at radius 1 is 1.40 bits per heavy atom. The summed E-state index contributed by atoms with van der Waals surface area (Å²) < 4.78 is 5.98. The molecule has 1 aliphatic heterocycles. The molecule has 0 spiro atoms. The van der Waals surface area contributed by atoms with Gasteiger partial charge in [0.2, 0.25) is 5.89 Å². The maximum absolute atomic E-state index is 12.1. The van der Waals surface area contributed by atoms with E-state index >= 15 is 0 Å². The Hall–Kier alpha value is -2.08. The lowest BCUT2D eigenvalue weighted by molar-refractivity contribution is 0.0879. The van der Waals surface area contributed by atoms with Crippen LogP contribution in [-0.2, 0) is 5.41 Å². The molecule has 25 heavy (non-hydrogen) atoms. The molecule has 1 atom stereocenters. The Bertz CT molecular complexity index is 691. The van der Waals surface area contributed by atoms with Crippen molar-refractivity contribution in [3.05, 3.63) is 41.9 Å². The van der Waals surface area contributed by atoms with Crippen molar-refractivity contribution in [1.29, 1.82) is 0 Å². The van der Waals surface area contributed by atoms with Gasteiger partial charge in [0.15, 0.2) is 0 Å². The molecule has 0 bridgehead atoms. The summed E-state index contributed by atoms with van der Waals surface area (Å²) in [7, 11) is 0. The lowest BCUT2D eigenvalue weighted by Gasteiger charge is -2.35. The van der Waals surface area contributed by atoms with Gasteiger partial charge in [-0.3, -0.25) is 9.69 Å². The van der Waals surface area contributed by atoms with Gasteiger partial charge >= 0.3 is 0 Å². The molecule has 6 nitrogen and oxygen atoms in total. The van der Waals surface area contributed by atoms with Gasteiger partial charge in [0.1, 0.15) is 11.5 Å². The Morgan fingerprint density at radius 2 is 2.12 bits per heavy atom. The first-order valence-corrected chi connectivity index (χ1v) is 8.99. The second-order valence-corrected chi connectivity index (χ2v) is 7.86. The van der Waals surface area contributed by atoms with E-state index in [-0.39, 0.29) is 23.4 Å². The molecule has 0 saturated carbocycles. The average Bonchev–Trinajstić information content (AvgIpc) is 3.26. The number of hydrogen-bond donors (Lipinski definition) is 2. The zero-order chi connectivity index (χ0) is 18.0. The van der Waals surface area contributed by atoms with E-state index in [1.54, 1.807) is 12.3 Å². The molecular formula is C19H28N4O2. The van der Waals surface area contributed by atoms with Crippen molar-refractivity contribution >= 4 is 5.91 Å². The Kier molecular flexibility index (Phi) is 4.99. The van der Waals surface area contributed by atoms with E-state index < -0.39 is 0 Å². The number of carbonyl (C=O) groups is 1. The topological polar surface area (TPSA) is 74.2 Å². The summed E-state index contributed by atoms with van der Waals surface area (Å²) in [5.41, 5.74) is 0.588. The van der Waals surface area contributed by atoms with E-state index in [2.05, 4.69) is 47.9 Å². The lowest BCUT2D eigenvalue weighted by Crippen LogP contribution is -2.45. The van der Waals surface area contributed by atoms with Crippen molar-refractivity contribution < 1.29 is 9.21 Å². The molecule has 2 N–H and O–H groups in total. The quantitative estimate of drug-likeness (QED) is 0.893. The minimum atomic E-state index is -0.0287. The van der Waals surface area contributed by atoms with Crippen LogP contribution in [0.2, 0.25) is 0 Å². The third-order valence-corrected chi connectivity index (χ3v) is 4.88. The van der Waals surface area contributed by atoms with E-state index in [1.165, 1.54) is 0 Å². The van der Waals surface area contributed by atoms with Crippen LogP contribution in [0.1, 0.15) is 68.7 Å². The summed E-state index contributed by atoms with van der Waals surface area (Å²) in [6, 6.07) is 3.99. The minimum absolute atomic E-state index is 0.0277. The summed E-state index contributed by atoms with van der Waals surface area (Å²) in [4.78, 5) is 21.9. The number of nitrogens with one attached hydrogen (secondary N) is 2. The smallest absolute Gasteiger partial charge is 0.267 e. The Morgan fingerprint density at radius 3 is 2.68 bits per heavy atom. The standard InChI is InChI=1S/C19H28N4O2/c1-13(18-21-12-16(25-18)19(2,3)4)23-10-7-14(8-11-23)22-17(24)15-6-5-9-20-15/h5-6,9,12-14,20H,7-8,10-11H2,1-4H3,(H,22,24)/t13-/m0/s1. The first-order chi connectivity index (χ1) is 11.8. The van der Waals surface area contributed by atoms with Gasteiger partial charge in [-0.1, -0.05) is 20.8 Å². The zero-order valence-electron chi connectivity index (χ0n) is 15.5. The molecule has 3 heterocycles. The molecule has 1 amide bonds. The highest BCUT2D eigenvalue weighted by Gasteiger charge is 2.28. The molecule has 0 unspecified atom stereocenters. The summed E-state index contributed by atoms with van der Waals surface area (Å²) in [6.45, 7) is 10.4. The van der Waals surface area contributed by atoms with Gasteiger partial charge in [-0.05, 0) is 31.9 Å². The van der Waals surface area contributed by atoms with Crippen LogP contribution in [-0.4, -0.2) is 39.9 Å². The van der Waals surface area contributed by atoms with E-state index in [0.29, 0.717) is 5.69 Å². The summed E-state index contributed by atoms with van der Waals surface area (Å²) in [5.74, 6) is 1.67. The molecule has 0 aromatic carbocycles. The normalized spacial score (nSPS) is 18.2. The lowest BCUT2D eigenvalue weighted by atomic mass is 9.94. The van der Waals surface area contributed by atoms with Crippen LogP contribution < -0.4 is 5.32 Å². The average molecular weight is 344 g/mol. The summed E-state index contributed by atoms with van der Waals surface area (Å²) >= 11 is 0. The van der Waals surface area contributed by atoms with Gasteiger partial charge in [-0.15, -0.1) is 0 Å². The summed E-state index contributed by atoms with van der Waals surface area (Å²) in [5, 5.41) is 3.11. The van der Waals surface area contributed by atoms with Gasteiger partial charge in [0, 0.05) is 30.7 Å². The number of nitrogens with zero attached hydrogens (tertiary/aromatic N) is 2. The van der Waals surface area contributed by atoms with Crippen molar-refractivity contribution in [3.63, 3.8) is 0 Å². The fourth-order valence-corrected chi connectivity index (χ4v) is 3.15. The number of aromatic nitrogens is 2. The molecule has 3 rings (SSSR count). The Labute approximate surface area is 149 Å². The van der Waals surface area contributed by atoms with Crippen molar-refractivity contribution in [1.82, 2.24) is 20.2 Å². The minimum Gasteiger partial charge on any atom is -0.443 e. The number of aromatic amines is 1. The van der Waals surface area contributed by atoms with E-state index in [9.17, 15) is 4.79 Å². The van der Waals surface area contributed by atoms with Crippen LogP contribution in [0, 0.1) is 0 Å². The largest absolute Gasteiger partial charge is 0.443 e. The van der Waals surface area contributed by atoms with Crippen LogP contribution in [0.3, 0.4) is 0 Å². The fraction of sp³-hybridized carbons (Fsp3) is 0.579. The molecule has 1 aliphatic rings. The summed E-state index contributed by atoms with van der Waals surface area (Å²) in [6.07, 6.45) is 5.48. The van der Waals surface area contributed by atoms with E-state index in [1.807, 2.05) is 12.3 Å². The van der Waals surface area contributed by atoms with E-state index in [4.69, 9.17) is 4.42 Å². The highest BCUT2D eigenvalue weighted by Crippen LogP contribution is 2.28. The van der Waals surface area contributed by atoms with Gasteiger partial charge in [0.25, 0.3) is 5.91 Å². The molecule has 1 fully saturated rings. The van der Waals surface area contributed by atoms with Gasteiger partial charge < -0.3 is 14.7 Å². The van der Waals surface area contributed by atoms with Crippen LogP contribution in [0.15, 0.2) is 28.9 Å². The monoisotopic (exact) mass is 344 g/mol. The van der Waals surface area contributed by atoms with Gasteiger partial charge in [-0.25, -0.2) is 4.98 Å².